The van der Waals surface area contributed by atoms with Gasteiger partial charge in [0.1, 0.15) is 5.69 Å². The van der Waals surface area contributed by atoms with Crippen LogP contribution in [0.15, 0.2) is 28.9 Å². The number of aryl methyl sites for hydroxylation is 1. The van der Waals surface area contributed by atoms with E-state index in [1.807, 2.05) is 20.8 Å². The van der Waals surface area contributed by atoms with E-state index in [9.17, 15) is 4.79 Å². The number of hydrogen-bond donors (Lipinski definition) is 0. The van der Waals surface area contributed by atoms with Gasteiger partial charge in [0.05, 0.1) is 10.7 Å². The number of rotatable bonds is 3. The molecule has 0 N–H and O–H groups in total. The second-order valence-corrected chi connectivity index (χ2v) is 5.93. The van der Waals surface area contributed by atoms with Crippen molar-refractivity contribution >= 4 is 33.3 Å². The fourth-order valence-electron chi connectivity index (χ4n) is 1.87. The molecule has 2 aromatic rings. The molecule has 0 aliphatic rings. The number of benzene rings is 1. The fourth-order valence-corrected chi connectivity index (χ4v) is 2.44. The minimum atomic E-state index is -0.0576. The van der Waals surface area contributed by atoms with Gasteiger partial charge in [-0.25, -0.2) is 0 Å². The molecule has 2 rings (SSSR count). The second kappa shape index (κ2) is 5.47. The summed E-state index contributed by atoms with van der Waals surface area (Å²) in [6, 6.07) is 5.41. The Kier molecular flexibility index (Phi) is 4.11. The van der Waals surface area contributed by atoms with Crippen LogP contribution in [0.1, 0.15) is 41.5 Å². The number of nitrogens with zero attached hydrogens (tertiary/aromatic N) is 2. The molecule has 19 heavy (non-hydrogen) atoms. The van der Waals surface area contributed by atoms with Crippen LogP contribution in [-0.4, -0.2) is 15.6 Å². The van der Waals surface area contributed by atoms with E-state index in [-0.39, 0.29) is 11.8 Å². The van der Waals surface area contributed by atoms with E-state index in [4.69, 9.17) is 11.6 Å². The molecule has 100 valence electrons. The molecule has 0 spiro atoms. The van der Waals surface area contributed by atoms with Crippen molar-refractivity contribution in [3.63, 3.8) is 0 Å². The zero-order valence-corrected chi connectivity index (χ0v) is 13.3. The first-order valence-corrected chi connectivity index (χ1v) is 7.12. The summed E-state index contributed by atoms with van der Waals surface area (Å²) in [5, 5.41) is 4.88. The molecule has 0 saturated carbocycles. The lowest BCUT2D eigenvalue weighted by atomic mass is 10.1. The van der Waals surface area contributed by atoms with Crippen molar-refractivity contribution in [2.75, 3.05) is 0 Å². The Bertz CT molecular complexity index is 634. The Labute approximate surface area is 125 Å². The van der Waals surface area contributed by atoms with Gasteiger partial charge in [-0.15, -0.1) is 0 Å². The van der Waals surface area contributed by atoms with Crippen LogP contribution in [0.25, 0.3) is 0 Å². The van der Waals surface area contributed by atoms with E-state index in [1.165, 1.54) is 0 Å². The van der Waals surface area contributed by atoms with Crippen molar-refractivity contribution in [3.8, 4) is 0 Å². The number of ketones is 1. The first kappa shape index (κ1) is 14.3. The highest BCUT2D eigenvalue weighted by molar-refractivity contribution is 9.10. The predicted octanol–water partition coefficient (Wildman–Crippen LogP) is 4.42. The highest BCUT2D eigenvalue weighted by Crippen LogP contribution is 2.24. The summed E-state index contributed by atoms with van der Waals surface area (Å²) in [4.78, 5) is 12.6. The molecule has 0 saturated heterocycles. The minimum Gasteiger partial charge on any atom is -0.287 e. The normalized spacial score (nSPS) is 11.1. The van der Waals surface area contributed by atoms with Crippen LogP contribution in [0.5, 0.6) is 0 Å². The molecule has 0 aliphatic heterocycles. The maximum absolute atomic E-state index is 12.6. The summed E-state index contributed by atoms with van der Waals surface area (Å²) >= 11 is 9.37. The zero-order valence-electron chi connectivity index (χ0n) is 10.9. The minimum absolute atomic E-state index is 0.0576. The molecule has 0 amide bonds. The Balaban J connectivity index is 2.49. The molecule has 3 nitrogen and oxygen atoms in total. The molecule has 0 aliphatic carbocycles. The number of halogens is 2. The lowest BCUT2D eigenvalue weighted by molar-refractivity contribution is 0.102. The average Bonchev–Trinajstić information content (AvgIpc) is 2.74. The zero-order chi connectivity index (χ0) is 14.2. The van der Waals surface area contributed by atoms with Gasteiger partial charge in [0, 0.05) is 16.6 Å². The molecule has 0 atom stereocenters. The Morgan fingerprint density at radius 1 is 1.42 bits per heavy atom. The lowest BCUT2D eigenvalue weighted by Crippen LogP contribution is -2.14. The Hall–Kier alpha value is -1.13. The van der Waals surface area contributed by atoms with Crippen molar-refractivity contribution in [1.29, 1.82) is 0 Å². The van der Waals surface area contributed by atoms with Gasteiger partial charge in [-0.2, -0.15) is 5.10 Å². The van der Waals surface area contributed by atoms with Crippen LogP contribution in [0.4, 0.5) is 0 Å². The molecular weight excluding hydrogens is 328 g/mol. The molecular formula is C14H14BrClN2O. The van der Waals surface area contributed by atoms with E-state index < -0.39 is 0 Å². The highest BCUT2D eigenvalue weighted by Gasteiger charge is 2.20. The largest absolute Gasteiger partial charge is 0.287 e. The second-order valence-electron chi connectivity index (χ2n) is 4.67. The summed E-state index contributed by atoms with van der Waals surface area (Å²) in [5.41, 5.74) is 2.07. The topological polar surface area (TPSA) is 34.9 Å². The van der Waals surface area contributed by atoms with Gasteiger partial charge in [0.15, 0.2) is 0 Å². The van der Waals surface area contributed by atoms with E-state index in [0.717, 1.165) is 5.56 Å². The number of carbonyl (C=O) groups is 1. The summed E-state index contributed by atoms with van der Waals surface area (Å²) in [6.07, 6.45) is 1.65. The molecule has 1 aromatic heterocycles. The summed E-state index contributed by atoms with van der Waals surface area (Å²) in [5.74, 6) is -0.0576. The molecule has 0 unspecified atom stereocenters. The van der Waals surface area contributed by atoms with Crippen LogP contribution < -0.4 is 0 Å². The van der Waals surface area contributed by atoms with Gasteiger partial charge in [-0.1, -0.05) is 11.6 Å². The van der Waals surface area contributed by atoms with Crippen LogP contribution in [0.3, 0.4) is 0 Å². The number of hydrogen-bond acceptors (Lipinski definition) is 2. The van der Waals surface area contributed by atoms with E-state index in [2.05, 4.69) is 21.0 Å². The average molecular weight is 342 g/mol. The molecule has 5 heteroatoms. The molecule has 1 heterocycles. The number of aromatic nitrogens is 2. The maximum atomic E-state index is 12.6. The third-order valence-electron chi connectivity index (χ3n) is 2.88. The Morgan fingerprint density at radius 3 is 2.68 bits per heavy atom. The number of carbonyl (C=O) groups excluding carboxylic acids is 1. The van der Waals surface area contributed by atoms with E-state index >= 15 is 0 Å². The van der Waals surface area contributed by atoms with Gasteiger partial charge < -0.3 is 0 Å². The SMILES string of the molecule is Cc1cc(C(=O)c2c(Br)cnn2C(C)C)ccc1Cl. The molecule has 0 fully saturated rings. The highest BCUT2D eigenvalue weighted by atomic mass is 79.9. The summed E-state index contributed by atoms with van der Waals surface area (Å²) in [6.45, 7) is 5.86. The third-order valence-corrected chi connectivity index (χ3v) is 3.88. The first-order valence-electron chi connectivity index (χ1n) is 5.95. The van der Waals surface area contributed by atoms with E-state index in [0.29, 0.717) is 20.8 Å². The summed E-state index contributed by atoms with van der Waals surface area (Å²) in [7, 11) is 0. The Morgan fingerprint density at radius 2 is 2.11 bits per heavy atom. The van der Waals surface area contributed by atoms with E-state index in [1.54, 1.807) is 29.1 Å². The fraction of sp³-hybridized carbons (Fsp3) is 0.286. The standard InChI is InChI=1S/C14H14BrClN2O/c1-8(2)18-13(11(15)7-17-18)14(19)10-4-5-12(16)9(3)6-10/h4-8H,1-3H3. The van der Waals surface area contributed by atoms with Gasteiger partial charge in [-0.05, 0) is 60.5 Å². The van der Waals surface area contributed by atoms with Crippen molar-refractivity contribution < 1.29 is 4.79 Å². The smallest absolute Gasteiger partial charge is 0.212 e. The van der Waals surface area contributed by atoms with Gasteiger partial charge in [0.2, 0.25) is 5.78 Å². The van der Waals surface area contributed by atoms with Crippen molar-refractivity contribution in [2.45, 2.75) is 26.8 Å². The monoisotopic (exact) mass is 340 g/mol. The molecule has 0 bridgehead atoms. The third kappa shape index (κ3) is 2.74. The lowest BCUT2D eigenvalue weighted by Gasteiger charge is -2.11. The predicted molar refractivity (Wildman–Crippen MR) is 79.9 cm³/mol. The van der Waals surface area contributed by atoms with Gasteiger partial charge >= 0.3 is 0 Å². The van der Waals surface area contributed by atoms with Crippen molar-refractivity contribution in [3.05, 3.63) is 50.7 Å². The van der Waals surface area contributed by atoms with Gasteiger partial charge in [-0.3, -0.25) is 9.48 Å². The van der Waals surface area contributed by atoms with Gasteiger partial charge in [0.25, 0.3) is 0 Å². The van der Waals surface area contributed by atoms with Crippen LogP contribution in [0, 0.1) is 6.92 Å². The maximum Gasteiger partial charge on any atom is 0.212 e. The molecule has 0 radical (unpaired) electrons. The van der Waals surface area contributed by atoms with Crippen molar-refractivity contribution in [2.24, 2.45) is 0 Å². The molecule has 1 aromatic carbocycles. The van der Waals surface area contributed by atoms with Crippen LogP contribution >= 0.6 is 27.5 Å². The van der Waals surface area contributed by atoms with Crippen LogP contribution in [0.2, 0.25) is 5.02 Å². The first-order chi connectivity index (χ1) is 8.91. The van der Waals surface area contributed by atoms with Crippen LogP contribution in [-0.2, 0) is 0 Å². The quantitative estimate of drug-likeness (QED) is 0.775. The summed E-state index contributed by atoms with van der Waals surface area (Å²) < 4.78 is 2.43. The van der Waals surface area contributed by atoms with Crippen molar-refractivity contribution in [1.82, 2.24) is 9.78 Å².